The standard InChI is InChI=1S/C21H23N3O4S/c1-5-16-8-7-9-17(12-16)23-20(25)14-24(4)21(26)19-13-18(11-10-15(19)3)29(27,28)22-6-2/h1,7-13,22H,6,14H2,2-4H3,(H,23,25). The second-order valence-corrected chi connectivity index (χ2v) is 8.18. The number of amides is 2. The van der Waals surface area contributed by atoms with Crippen LogP contribution in [0.15, 0.2) is 47.4 Å². The van der Waals surface area contributed by atoms with Crippen LogP contribution in [0.2, 0.25) is 0 Å². The Kier molecular flexibility index (Phi) is 7.15. The lowest BCUT2D eigenvalue weighted by Gasteiger charge is -2.19. The molecule has 2 aromatic carbocycles. The molecule has 0 radical (unpaired) electrons. The maximum Gasteiger partial charge on any atom is 0.254 e. The molecule has 0 aliphatic rings. The number of aryl methyl sites for hydroxylation is 1. The highest BCUT2D eigenvalue weighted by Crippen LogP contribution is 2.17. The Morgan fingerprint density at radius 3 is 2.55 bits per heavy atom. The number of nitrogens with zero attached hydrogens (tertiary/aromatic N) is 1. The molecule has 152 valence electrons. The highest BCUT2D eigenvalue weighted by atomic mass is 32.2. The van der Waals surface area contributed by atoms with E-state index >= 15 is 0 Å². The predicted molar refractivity (Wildman–Crippen MR) is 112 cm³/mol. The third kappa shape index (κ3) is 5.67. The number of benzene rings is 2. The van der Waals surface area contributed by atoms with Crippen molar-refractivity contribution < 1.29 is 18.0 Å². The van der Waals surface area contributed by atoms with E-state index in [1.54, 1.807) is 44.2 Å². The number of anilines is 1. The van der Waals surface area contributed by atoms with Crippen LogP contribution in [0, 0.1) is 19.3 Å². The summed E-state index contributed by atoms with van der Waals surface area (Å²) in [6.07, 6.45) is 5.35. The lowest BCUT2D eigenvalue weighted by Crippen LogP contribution is -2.35. The third-order valence-corrected chi connectivity index (χ3v) is 5.67. The molecule has 0 unspecified atom stereocenters. The van der Waals surface area contributed by atoms with Crippen LogP contribution in [0.25, 0.3) is 0 Å². The van der Waals surface area contributed by atoms with Gasteiger partial charge in [-0.3, -0.25) is 9.59 Å². The number of hydrogen-bond donors (Lipinski definition) is 2. The molecular formula is C21H23N3O4S. The van der Waals surface area contributed by atoms with E-state index in [0.717, 1.165) is 0 Å². The van der Waals surface area contributed by atoms with Crippen molar-refractivity contribution in [2.24, 2.45) is 0 Å². The van der Waals surface area contributed by atoms with Crippen LogP contribution in [-0.4, -0.2) is 45.3 Å². The summed E-state index contributed by atoms with van der Waals surface area (Å²) in [6.45, 7) is 3.41. The van der Waals surface area contributed by atoms with Gasteiger partial charge < -0.3 is 10.2 Å². The van der Waals surface area contributed by atoms with E-state index in [1.165, 1.54) is 24.1 Å². The van der Waals surface area contributed by atoms with Crippen LogP contribution in [-0.2, 0) is 14.8 Å². The normalized spacial score (nSPS) is 10.8. The molecule has 2 N–H and O–H groups in total. The zero-order chi connectivity index (χ0) is 21.6. The molecular weight excluding hydrogens is 390 g/mol. The number of terminal acetylenes is 1. The number of likely N-dealkylation sites (N-methyl/N-ethyl adjacent to an activating group) is 1. The molecule has 2 rings (SSSR count). The van der Waals surface area contributed by atoms with E-state index in [2.05, 4.69) is 16.0 Å². The van der Waals surface area contributed by atoms with Gasteiger partial charge in [0.15, 0.2) is 0 Å². The molecule has 8 heteroatoms. The van der Waals surface area contributed by atoms with Gasteiger partial charge in [-0.05, 0) is 42.8 Å². The summed E-state index contributed by atoms with van der Waals surface area (Å²) in [5.41, 5.74) is 1.98. The van der Waals surface area contributed by atoms with Crippen LogP contribution in [0.1, 0.15) is 28.4 Å². The summed E-state index contributed by atoms with van der Waals surface area (Å²) >= 11 is 0. The van der Waals surface area contributed by atoms with Gasteiger partial charge in [0.1, 0.15) is 0 Å². The van der Waals surface area contributed by atoms with Crippen molar-refractivity contribution in [2.45, 2.75) is 18.7 Å². The minimum atomic E-state index is -3.70. The average Bonchev–Trinajstić information content (AvgIpc) is 2.67. The van der Waals surface area contributed by atoms with Crippen molar-refractivity contribution in [1.82, 2.24) is 9.62 Å². The molecule has 0 aliphatic carbocycles. The van der Waals surface area contributed by atoms with Crippen molar-refractivity contribution in [2.75, 3.05) is 25.5 Å². The van der Waals surface area contributed by atoms with Crippen LogP contribution in [0.3, 0.4) is 0 Å². The second-order valence-electron chi connectivity index (χ2n) is 6.41. The Labute approximate surface area is 171 Å². The molecule has 0 aromatic heterocycles. The fourth-order valence-electron chi connectivity index (χ4n) is 2.65. The first-order chi connectivity index (χ1) is 13.7. The Balaban J connectivity index is 2.15. The first kappa shape index (κ1) is 22.1. The minimum absolute atomic E-state index is 0.00255. The van der Waals surface area contributed by atoms with Gasteiger partial charge in [0, 0.05) is 30.4 Å². The van der Waals surface area contributed by atoms with Gasteiger partial charge in [-0.25, -0.2) is 13.1 Å². The van der Waals surface area contributed by atoms with Crippen molar-refractivity contribution in [3.63, 3.8) is 0 Å². The average molecular weight is 413 g/mol. The minimum Gasteiger partial charge on any atom is -0.332 e. The largest absolute Gasteiger partial charge is 0.332 e. The molecule has 0 heterocycles. The number of rotatable bonds is 7. The summed E-state index contributed by atoms with van der Waals surface area (Å²) < 4.78 is 26.8. The monoisotopic (exact) mass is 413 g/mol. The van der Waals surface area contributed by atoms with Gasteiger partial charge >= 0.3 is 0 Å². The molecule has 0 atom stereocenters. The Hall–Kier alpha value is -3.15. The number of carbonyl (C=O) groups excluding carboxylic acids is 2. The van der Waals surface area contributed by atoms with Crippen LogP contribution < -0.4 is 10.0 Å². The third-order valence-electron chi connectivity index (χ3n) is 4.12. The van der Waals surface area contributed by atoms with Crippen LogP contribution in [0.5, 0.6) is 0 Å². The molecule has 0 spiro atoms. The predicted octanol–water partition coefficient (Wildman–Crippen LogP) is 1.99. The second kappa shape index (κ2) is 9.37. The van der Waals surface area contributed by atoms with E-state index in [4.69, 9.17) is 6.42 Å². The van der Waals surface area contributed by atoms with Crippen LogP contribution in [0.4, 0.5) is 5.69 Å². The Morgan fingerprint density at radius 1 is 1.17 bits per heavy atom. The molecule has 2 amide bonds. The van der Waals surface area contributed by atoms with E-state index in [1.807, 2.05) is 0 Å². The van der Waals surface area contributed by atoms with Gasteiger partial charge in [-0.1, -0.05) is 25.0 Å². The fourth-order valence-corrected chi connectivity index (χ4v) is 3.72. The van der Waals surface area contributed by atoms with Crippen molar-refractivity contribution in [3.8, 4) is 12.3 Å². The maximum absolute atomic E-state index is 12.8. The maximum atomic E-state index is 12.8. The fraction of sp³-hybridized carbons (Fsp3) is 0.238. The summed E-state index contributed by atoms with van der Waals surface area (Å²) in [6, 6.07) is 11.1. The quantitative estimate of drug-likeness (QED) is 0.679. The highest BCUT2D eigenvalue weighted by Gasteiger charge is 2.21. The molecule has 0 fully saturated rings. The first-order valence-electron chi connectivity index (χ1n) is 8.90. The van der Waals surface area contributed by atoms with Gasteiger partial charge in [-0.2, -0.15) is 0 Å². The zero-order valence-electron chi connectivity index (χ0n) is 16.5. The topological polar surface area (TPSA) is 95.6 Å². The summed E-state index contributed by atoms with van der Waals surface area (Å²) in [5.74, 6) is 1.63. The number of nitrogens with one attached hydrogen (secondary N) is 2. The van der Waals surface area contributed by atoms with Crippen molar-refractivity contribution in [1.29, 1.82) is 0 Å². The molecule has 0 saturated carbocycles. The molecule has 0 aliphatic heterocycles. The van der Waals surface area contributed by atoms with Gasteiger partial charge in [0.05, 0.1) is 11.4 Å². The lowest BCUT2D eigenvalue weighted by molar-refractivity contribution is -0.116. The smallest absolute Gasteiger partial charge is 0.254 e. The van der Waals surface area contributed by atoms with E-state index in [9.17, 15) is 18.0 Å². The molecule has 2 aromatic rings. The van der Waals surface area contributed by atoms with Crippen molar-refractivity contribution in [3.05, 3.63) is 59.2 Å². The lowest BCUT2D eigenvalue weighted by atomic mass is 10.1. The Morgan fingerprint density at radius 2 is 1.90 bits per heavy atom. The number of hydrogen-bond acceptors (Lipinski definition) is 4. The van der Waals surface area contributed by atoms with E-state index < -0.39 is 21.8 Å². The first-order valence-corrected chi connectivity index (χ1v) is 10.4. The molecule has 0 saturated heterocycles. The summed E-state index contributed by atoms with van der Waals surface area (Å²) in [5, 5.41) is 2.69. The molecule has 7 nitrogen and oxygen atoms in total. The highest BCUT2D eigenvalue weighted by molar-refractivity contribution is 7.89. The molecule has 0 bridgehead atoms. The number of sulfonamides is 1. The Bertz CT molecular complexity index is 1070. The summed E-state index contributed by atoms with van der Waals surface area (Å²) in [7, 11) is -2.22. The van der Waals surface area contributed by atoms with Gasteiger partial charge in [0.25, 0.3) is 5.91 Å². The van der Waals surface area contributed by atoms with E-state index in [-0.39, 0.29) is 23.5 Å². The van der Waals surface area contributed by atoms with Gasteiger partial charge in [0.2, 0.25) is 15.9 Å². The number of carbonyl (C=O) groups is 2. The van der Waals surface area contributed by atoms with Crippen molar-refractivity contribution >= 4 is 27.5 Å². The zero-order valence-corrected chi connectivity index (χ0v) is 17.3. The van der Waals surface area contributed by atoms with E-state index in [0.29, 0.717) is 16.8 Å². The van der Waals surface area contributed by atoms with Gasteiger partial charge in [-0.15, -0.1) is 6.42 Å². The SMILES string of the molecule is C#Cc1cccc(NC(=O)CN(C)C(=O)c2cc(S(=O)(=O)NCC)ccc2C)c1. The summed E-state index contributed by atoms with van der Waals surface area (Å²) in [4.78, 5) is 26.3. The van der Waals surface area contributed by atoms with Crippen LogP contribution >= 0.6 is 0 Å². The molecule has 29 heavy (non-hydrogen) atoms.